The van der Waals surface area contributed by atoms with Crippen molar-refractivity contribution in [3.63, 3.8) is 0 Å². The zero-order valence-electron chi connectivity index (χ0n) is 13.6. The molecule has 0 aliphatic carbocycles. The van der Waals surface area contributed by atoms with E-state index in [2.05, 4.69) is 17.2 Å². The molecule has 0 atom stereocenters. The minimum absolute atomic E-state index is 0.0424. The van der Waals surface area contributed by atoms with Crippen LogP contribution in [0.4, 0.5) is 10.1 Å². The second-order valence-electron chi connectivity index (χ2n) is 5.54. The third kappa shape index (κ3) is 3.29. The first-order valence-electron chi connectivity index (χ1n) is 7.90. The molecule has 0 saturated heterocycles. The van der Waals surface area contributed by atoms with Crippen molar-refractivity contribution in [2.75, 3.05) is 5.32 Å². The number of fused-ring (bicyclic) bond motifs is 1. The number of amides is 1. The smallest absolute Gasteiger partial charge is 0.266 e. The first kappa shape index (κ1) is 16.5. The monoisotopic (exact) mass is 333 g/mol. The van der Waals surface area contributed by atoms with Gasteiger partial charge in [-0.25, -0.2) is 4.39 Å². The number of aryl methyl sites for hydroxylation is 1. The van der Waals surface area contributed by atoms with Gasteiger partial charge in [0.1, 0.15) is 17.5 Å². The van der Waals surface area contributed by atoms with Crippen molar-refractivity contribution in [3.8, 4) is 6.07 Å². The quantitative estimate of drug-likeness (QED) is 0.548. The number of benzene rings is 2. The molecule has 1 amide bonds. The van der Waals surface area contributed by atoms with Crippen LogP contribution in [0.5, 0.6) is 0 Å². The Kier molecular flexibility index (Phi) is 4.62. The Balaban J connectivity index is 1.95. The van der Waals surface area contributed by atoms with Gasteiger partial charge in [-0.15, -0.1) is 0 Å². The summed E-state index contributed by atoms with van der Waals surface area (Å²) in [6, 6.07) is 13.6. The molecule has 3 aromatic rings. The van der Waals surface area contributed by atoms with Gasteiger partial charge in [-0.05, 0) is 30.2 Å². The number of H-pyrrole nitrogens is 1. The molecule has 1 heterocycles. The topological polar surface area (TPSA) is 68.7 Å². The highest BCUT2D eigenvalue weighted by atomic mass is 19.1. The number of carbonyl (C=O) groups excluding carboxylic acids is 1. The Labute approximate surface area is 144 Å². The van der Waals surface area contributed by atoms with Crippen molar-refractivity contribution < 1.29 is 9.18 Å². The third-order valence-corrected chi connectivity index (χ3v) is 4.00. The minimum Gasteiger partial charge on any atom is -0.360 e. The summed E-state index contributed by atoms with van der Waals surface area (Å²) in [5.41, 5.74) is 2.84. The van der Waals surface area contributed by atoms with Gasteiger partial charge in [0, 0.05) is 22.7 Å². The van der Waals surface area contributed by atoms with Crippen molar-refractivity contribution in [2.24, 2.45) is 0 Å². The molecule has 5 heteroatoms. The lowest BCUT2D eigenvalue weighted by atomic mass is 10.1. The largest absolute Gasteiger partial charge is 0.360 e. The molecule has 0 saturated carbocycles. The van der Waals surface area contributed by atoms with Crippen LogP contribution < -0.4 is 5.32 Å². The van der Waals surface area contributed by atoms with E-state index in [-0.39, 0.29) is 11.3 Å². The van der Waals surface area contributed by atoms with Crippen LogP contribution in [-0.2, 0) is 11.2 Å². The van der Waals surface area contributed by atoms with Crippen LogP contribution in [0.2, 0.25) is 0 Å². The highest BCUT2D eigenvalue weighted by Crippen LogP contribution is 2.24. The van der Waals surface area contributed by atoms with Crippen LogP contribution in [0.25, 0.3) is 17.0 Å². The maximum atomic E-state index is 13.7. The van der Waals surface area contributed by atoms with Gasteiger partial charge in [-0.3, -0.25) is 4.79 Å². The Bertz CT molecular complexity index is 1010. The summed E-state index contributed by atoms with van der Waals surface area (Å²) in [5, 5.41) is 12.7. The molecule has 0 aliphatic heterocycles. The zero-order chi connectivity index (χ0) is 17.8. The summed E-state index contributed by atoms with van der Waals surface area (Å²) in [4.78, 5) is 15.5. The molecule has 4 nitrogen and oxygen atoms in total. The van der Waals surface area contributed by atoms with Gasteiger partial charge in [0.15, 0.2) is 0 Å². The van der Waals surface area contributed by atoms with E-state index in [9.17, 15) is 14.4 Å². The van der Waals surface area contributed by atoms with E-state index in [1.54, 1.807) is 12.3 Å². The van der Waals surface area contributed by atoms with Crippen LogP contribution in [-0.4, -0.2) is 10.9 Å². The summed E-state index contributed by atoms with van der Waals surface area (Å²) >= 11 is 0. The highest BCUT2D eigenvalue weighted by Gasteiger charge is 2.13. The number of rotatable bonds is 4. The SMILES string of the molecule is CCc1cccc2c(C=C(C#N)C(=O)Nc3ccccc3F)c[nH]c12. The van der Waals surface area contributed by atoms with Crippen LogP contribution >= 0.6 is 0 Å². The summed E-state index contributed by atoms with van der Waals surface area (Å²) < 4.78 is 13.7. The normalized spacial score (nSPS) is 11.3. The van der Waals surface area contributed by atoms with E-state index in [0.29, 0.717) is 0 Å². The summed E-state index contributed by atoms with van der Waals surface area (Å²) in [5.74, 6) is -1.19. The van der Waals surface area contributed by atoms with Crippen LogP contribution in [0.3, 0.4) is 0 Å². The van der Waals surface area contributed by atoms with E-state index in [1.165, 1.54) is 24.3 Å². The number of nitrogens with one attached hydrogen (secondary N) is 2. The third-order valence-electron chi connectivity index (χ3n) is 4.00. The summed E-state index contributed by atoms with van der Waals surface area (Å²) in [6.07, 6.45) is 4.14. The van der Waals surface area contributed by atoms with Gasteiger partial charge >= 0.3 is 0 Å². The minimum atomic E-state index is -0.645. The predicted molar refractivity (Wildman–Crippen MR) is 96.3 cm³/mol. The summed E-state index contributed by atoms with van der Waals surface area (Å²) in [6.45, 7) is 2.06. The number of carbonyl (C=O) groups is 1. The fraction of sp³-hybridized carbons (Fsp3) is 0.100. The van der Waals surface area contributed by atoms with Crippen LogP contribution in [0, 0.1) is 17.1 Å². The van der Waals surface area contributed by atoms with Gasteiger partial charge in [-0.1, -0.05) is 37.3 Å². The Morgan fingerprint density at radius 1 is 1.28 bits per heavy atom. The number of nitriles is 1. The molecule has 0 fully saturated rings. The lowest BCUT2D eigenvalue weighted by molar-refractivity contribution is -0.112. The van der Waals surface area contributed by atoms with Crippen molar-refractivity contribution >= 4 is 28.6 Å². The van der Waals surface area contributed by atoms with E-state index >= 15 is 0 Å². The van der Waals surface area contributed by atoms with Gasteiger partial charge in [0.25, 0.3) is 5.91 Å². The van der Waals surface area contributed by atoms with E-state index in [4.69, 9.17) is 0 Å². The first-order chi connectivity index (χ1) is 12.1. The molecular weight excluding hydrogens is 317 g/mol. The Morgan fingerprint density at radius 2 is 2.08 bits per heavy atom. The maximum absolute atomic E-state index is 13.7. The zero-order valence-corrected chi connectivity index (χ0v) is 13.6. The molecular formula is C20H16FN3O. The van der Waals surface area contributed by atoms with Gasteiger partial charge < -0.3 is 10.3 Å². The fourth-order valence-electron chi connectivity index (χ4n) is 2.71. The van der Waals surface area contributed by atoms with Crippen LogP contribution in [0.1, 0.15) is 18.1 Å². The molecule has 1 aromatic heterocycles. The second-order valence-corrected chi connectivity index (χ2v) is 5.54. The fourth-order valence-corrected chi connectivity index (χ4v) is 2.71. The number of anilines is 1. The van der Waals surface area contributed by atoms with Gasteiger partial charge in [-0.2, -0.15) is 5.26 Å². The number of hydrogen-bond acceptors (Lipinski definition) is 2. The number of halogens is 1. The number of aromatic amines is 1. The predicted octanol–water partition coefficient (Wildman–Crippen LogP) is 4.42. The molecule has 0 radical (unpaired) electrons. The van der Waals surface area contributed by atoms with Crippen LogP contribution in [0.15, 0.2) is 54.2 Å². The lowest BCUT2D eigenvalue weighted by Crippen LogP contribution is -2.14. The van der Waals surface area contributed by atoms with Gasteiger partial charge in [0.2, 0.25) is 0 Å². The second kappa shape index (κ2) is 7.02. The van der Waals surface area contributed by atoms with E-state index < -0.39 is 11.7 Å². The first-order valence-corrected chi connectivity index (χ1v) is 7.90. The Morgan fingerprint density at radius 3 is 2.80 bits per heavy atom. The number of nitrogens with zero attached hydrogens (tertiary/aromatic N) is 1. The molecule has 0 aliphatic rings. The van der Waals surface area contributed by atoms with E-state index in [1.807, 2.05) is 24.3 Å². The average molecular weight is 333 g/mol. The molecule has 0 spiro atoms. The summed E-state index contributed by atoms with van der Waals surface area (Å²) in [7, 11) is 0. The molecule has 0 bridgehead atoms. The standard InChI is InChI=1S/C20H16FN3O/c1-2-13-6-5-7-16-15(12-23-19(13)16)10-14(11-22)20(25)24-18-9-4-3-8-17(18)21/h3-10,12,23H,2H2,1H3,(H,24,25). The lowest BCUT2D eigenvalue weighted by Gasteiger charge is -2.05. The van der Waals surface area contributed by atoms with Crippen molar-refractivity contribution in [3.05, 3.63) is 71.2 Å². The van der Waals surface area contributed by atoms with Gasteiger partial charge in [0.05, 0.1) is 5.69 Å². The molecule has 3 rings (SSSR count). The highest BCUT2D eigenvalue weighted by molar-refractivity contribution is 6.10. The van der Waals surface area contributed by atoms with Crippen molar-refractivity contribution in [1.29, 1.82) is 5.26 Å². The number of para-hydroxylation sites is 2. The Hall–Kier alpha value is -3.39. The van der Waals surface area contributed by atoms with E-state index in [0.717, 1.165) is 28.5 Å². The maximum Gasteiger partial charge on any atom is 0.266 e. The van der Waals surface area contributed by atoms with Crippen molar-refractivity contribution in [2.45, 2.75) is 13.3 Å². The molecule has 0 unspecified atom stereocenters. The number of hydrogen-bond donors (Lipinski definition) is 2. The molecule has 2 aromatic carbocycles. The molecule has 25 heavy (non-hydrogen) atoms. The average Bonchev–Trinajstić information content (AvgIpc) is 3.04. The molecule has 2 N–H and O–H groups in total. The number of aromatic nitrogens is 1. The molecule has 124 valence electrons. The van der Waals surface area contributed by atoms with Crippen molar-refractivity contribution in [1.82, 2.24) is 4.98 Å².